The van der Waals surface area contributed by atoms with Crippen LogP contribution in [0.25, 0.3) is 0 Å². The van der Waals surface area contributed by atoms with Crippen LogP contribution in [0, 0.1) is 0 Å². The van der Waals surface area contributed by atoms with Gasteiger partial charge in [-0.3, -0.25) is 0 Å². The van der Waals surface area contributed by atoms with Gasteiger partial charge >= 0.3 is 0 Å². The largest absolute Gasteiger partial charge is 0.0805 e. The van der Waals surface area contributed by atoms with Gasteiger partial charge in [0.25, 0.3) is 0 Å². The fraction of sp³-hybridized carbons (Fsp3) is 0.455. The smallest absolute Gasteiger partial charge is 0.0163 e. The third kappa shape index (κ3) is 2.38. The maximum absolute atomic E-state index is 2.26. The molecule has 0 aromatic heterocycles. The Labute approximate surface area is 69.3 Å². The van der Waals surface area contributed by atoms with Gasteiger partial charge in [-0.1, -0.05) is 37.6 Å². The van der Waals surface area contributed by atoms with Gasteiger partial charge < -0.3 is 0 Å². The zero-order valence-corrected chi connectivity index (χ0v) is 7.43. The van der Waals surface area contributed by atoms with Crippen LogP contribution in [-0.4, -0.2) is 0 Å². The van der Waals surface area contributed by atoms with Crippen molar-refractivity contribution in [1.82, 2.24) is 0 Å². The summed E-state index contributed by atoms with van der Waals surface area (Å²) in [6.07, 6.45) is 12.5. The maximum Gasteiger partial charge on any atom is -0.0163 e. The van der Waals surface area contributed by atoms with Crippen LogP contribution in [0.15, 0.2) is 35.5 Å². The number of hydrogen-bond donors (Lipinski definition) is 0. The van der Waals surface area contributed by atoms with Gasteiger partial charge in [0.05, 0.1) is 0 Å². The quantitative estimate of drug-likeness (QED) is 0.561. The lowest BCUT2D eigenvalue weighted by Crippen LogP contribution is -1.81. The van der Waals surface area contributed by atoms with Crippen LogP contribution in [0.3, 0.4) is 0 Å². The minimum Gasteiger partial charge on any atom is -0.0805 e. The van der Waals surface area contributed by atoms with Crippen LogP contribution in [0.1, 0.15) is 33.1 Å². The molecule has 1 rings (SSSR count). The molecular formula is C11H16. The van der Waals surface area contributed by atoms with Gasteiger partial charge in [0.15, 0.2) is 0 Å². The molecule has 11 heavy (non-hydrogen) atoms. The van der Waals surface area contributed by atoms with Crippen molar-refractivity contribution >= 4 is 0 Å². The first-order valence-electron chi connectivity index (χ1n) is 4.37. The first-order chi connectivity index (χ1) is 5.34. The van der Waals surface area contributed by atoms with Gasteiger partial charge in [-0.15, -0.1) is 0 Å². The third-order valence-corrected chi connectivity index (χ3v) is 1.98. The van der Waals surface area contributed by atoms with Crippen LogP contribution in [-0.2, 0) is 0 Å². The van der Waals surface area contributed by atoms with Crippen LogP contribution >= 0.6 is 0 Å². The molecule has 0 heterocycles. The molecule has 0 aromatic carbocycles. The lowest BCUT2D eigenvalue weighted by molar-refractivity contribution is 0.918. The monoisotopic (exact) mass is 148 g/mol. The van der Waals surface area contributed by atoms with Crippen molar-refractivity contribution in [2.24, 2.45) is 0 Å². The highest BCUT2D eigenvalue weighted by atomic mass is 14.0. The van der Waals surface area contributed by atoms with Gasteiger partial charge in [-0.05, 0) is 30.9 Å². The average Bonchev–Trinajstić information content (AvgIpc) is 2.18. The van der Waals surface area contributed by atoms with Crippen LogP contribution in [0.4, 0.5) is 0 Å². The van der Waals surface area contributed by atoms with E-state index in [4.69, 9.17) is 0 Å². The molecule has 0 aromatic rings. The van der Waals surface area contributed by atoms with Crippen molar-refractivity contribution in [3.8, 4) is 0 Å². The molecule has 1 aliphatic carbocycles. The normalized spacial score (nSPS) is 17.3. The summed E-state index contributed by atoms with van der Waals surface area (Å²) in [7, 11) is 0. The fourth-order valence-corrected chi connectivity index (χ4v) is 1.32. The van der Waals surface area contributed by atoms with Crippen molar-refractivity contribution in [3.63, 3.8) is 0 Å². The molecule has 0 amide bonds. The second-order valence-electron chi connectivity index (χ2n) is 3.00. The van der Waals surface area contributed by atoms with Crippen molar-refractivity contribution in [1.29, 1.82) is 0 Å². The van der Waals surface area contributed by atoms with E-state index in [1.165, 1.54) is 24.0 Å². The van der Waals surface area contributed by atoms with E-state index in [1.807, 2.05) is 0 Å². The molecule has 0 heteroatoms. The maximum atomic E-state index is 2.26. The standard InChI is InChI=1S/C11H16/c1-3-7-11-9-6-4-5-8-10(11)2/h5-6,8-9H,3-4,7H2,1-2H3. The number of hydrogen-bond acceptors (Lipinski definition) is 0. The lowest BCUT2D eigenvalue weighted by atomic mass is 10.1. The summed E-state index contributed by atoms with van der Waals surface area (Å²) in [5, 5.41) is 0. The molecule has 0 fully saturated rings. The van der Waals surface area contributed by atoms with Gasteiger partial charge in [-0.2, -0.15) is 0 Å². The molecule has 0 saturated heterocycles. The fourth-order valence-electron chi connectivity index (χ4n) is 1.32. The summed E-state index contributed by atoms with van der Waals surface area (Å²) < 4.78 is 0. The molecule has 0 aliphatic heterocycles. The van der Waals surface area contributed by atoms with E-state index < -0.39 is 0 Å². The Hall–Kier alpha value is -0.780. The summed E-state index contributed by atoms with van der Waals surface area (Å²) in [5.41, 5.74) is 2.93. The zero-order valence-electron chi connectivity index (χ0n) is 7.43. The minimum absolute atomic E-state index is 1.09. The Bertz CT molecular complexity index is 204. The van der Waals surface area contributed by atoms with E-state index >= 15 is 0 Å². The minimum atomic E-state index is 1.09. The Balaban J connectivity index is 2.76. The molecular weight excluding hydrogens is 132 g/mol. The van der Waals surface area contributed by atoms with Gasteiger partial charge in [0, 0.05) is 0 Å². The molecule has 0 N–H and O–H groups in total. The summed E-state index contributed by atoms with van der Waals surface area (Å²) in [4.78, 5) is 0. The Morgan fingerprint density at radius 3 is 2.73 bits per heavy atom. The molecule has 60 valence electrons. The summed E-state index contributed by atoms with van der Waals surface area (Å²) >= 11 is 0. The highest BCUT2D eigenvalue weighted by Crippen LogP contribution is 2.16. The summed E-state index contributed by atoms with van der Waals surface area (Å²) in [5.74, 6) is 0. The Morgan fingerprint density at radius 2 is 2.00 bits per heavy atom. The third-order valence-electron chi connectivity index (χ3n) is 1.98. The molecule has 0 spiro atoms. The molecule has 0 unspecified atom stereocenters. The van der Waals surface area contributed by atoms with Gasteiger partial charge in [0.1, 0.15) is 0 Å². The van der Waals surface area contributed by atoms with Crippen LogP contribution in [0.5, 0.6) is 0 Å². The van der Waals surface area contributed by atoms with Crippen molar-refractivity contribution < 1.29 is 0 Å². The predicted octanol–water partition coefficient (Wildman–Crippen LogP) is 3.62. The first-order valence-corrected chi connectivity index (χ1v) is 4.37. The Morgan fingerprint density at radius 1 is 1.27 bits per heavy atom. The average molecular weight is 148 g/mol. The highest BCUT2D eigenvalue weighted by Gasteiger charge is 1.96. The number of rotatable bonds is 2. The van der Waals surface area contributed by atoms with Crippen LogP contribution in [0.2, 0.25) is 0 Å². The summed E-state index contributed by atoms with van der Waals surface area (Å²) in [6, 6.07) is 0. The molecule has 0 saturated carbocycles. The number of allylic oxidation sites excluding steroid dienone is 6. The molecule has 0 atom stereocenters. The lowest BCUT2D eigenvalue weighted by Gasteiger charge is -2.00. The SMILES string of the molecule is CCCC1=C(C)C=CCC=C1. The molecule has 0 nitrogen and oxygen atoms in total. The van der Waals surface area contributed by atoms with Crippen molar-refractivity contribution in [2.45, 2.75) is 33.1 Å². The van der Waals surface area contributed by atoms with Gasteiger partial charge in [-0.25, -0.2) is 0 Å². The summed E-state index contributed by atoms with van der Waals surface area (Å²) in [6.45, 7) is 4.42. The topological polar surface area (TPSA) is 0 Å². The van der Waals surface area contributed by atoms with E-state index in [0.29, 0.717) is 0 Å². The van der Waals surface area contributed by atoms with E-state index in [2.05, 4.69) is 38.2 Å². The van der Waals surface area contributed by atoms with E-state index in [0.717, 1.165) is 6.42 Å². The van der Waals surface area contributed by atoms with E-state index in [-0.39, 0.29) is 0 Å². The van der Waals surface area contributed by atoms with E-state index in [1.54, 1.807) is 0 Å². The molecule has 1 aliphatic rings. The second kappa shape index (κ2) is 4.17. The van der Waals surface area contributed by atoms with Gasteiger partial charge in [0.2, 0.25) is 0 Å². The van der Waals surface area contributed by atoms with Crippen molar-refractivity contribution in [2.75, 3.05) is 0 Å². The second-order valence-corrected chi connectivity index (χ2v) is 3.00. The van der Waals surface area contributed by atoms with E-state index in [9.17, 15) is 0 Å². The highest BCUT2D eigenvalue weighted by molar-refractivity contribution is 5.34. The Kier molecular flexibility index (Phi) is 3.15. The zero-order chi connectivity index (χ0) is 8.10. The van der Waals surface area contributed by atoms with Crippen molar-refractivity contribution in [3.05, 3.63) is 35.5 Å². The molecule has 0 radical (unpaired) electrons. The predicted molar refractivity (Wildman–Crippen MR) is 50.5 cm³/mol. The molecule has 0 bridgehead atoms. The first kappa shape index (κ1) is 8.32. The van der Waals surface area contributed by atoms with Crippen LogP contribution < -0.4 is 0 Å².